The number of carbonyl (C=O) groups excluding carboxylic acids is 1. The smallest absolute Gasteiger partial charge is 0.312 e. The van der Waals surface area contributed by atoms with Crippen LogP contribution in [0.25, 0.3) is 0 Å². The van der Waals surface area contributed by atoms with Gasteiger partial charge in [-0.05, 0) is 30.0 Å². The lowest BCUT2D eigenvalue weighted by atomic mass is 9.83. The van der Waals surface area contributed by atoms with Crippen molar-refractivity contribution >= 4 is 5.97 Å². The number of esters is 1. The Labute approximate surface area is 140 Å². The Balaban J connectivity index is 2.18. The van der Waals surface area contributed by atoms with Gasteiger partial charge < -0.3 is 20.1 Å². The van der Waals surface area contributed by atoms with Crippen molar-refractivity contribution in [2.24, 2.45) is 5.92 Å². The number of aromatic hydroxyl groups is 3. The Morgan fingerprint density at radius 2 is 1.79 bits per heavy atom. The lowest BCUT2D eigenvalue weighted by molar-refractivity contribution is -0.135. The molecule has 0 fully saturated rings. The number of benzene rings is 2. The Morgan fingerprint density at radius 1 is 1.12 bits per heavy atom. The molecule has 1 aliphatic rings. The molecule has 24 heavy (non-hydrogen) atoms. The third-order valence-corrected chi connectivity index (χ3v) is 4.22. The van der Waals surface area contributed by atoms with Crippen molar-refractivity contribution in [2.75, 3.05) is 0 Å². The lowest BCUT2D eigenvalue weighted by Crippen LogP contribution is -2.22. The molecule has 0 aliphatic carbocycles. The van der Waals surface area contributed by atoms with E-state index in [0.29, 0.717) is 17.5 Å². The number of hydrogen-bond donors (Lipinski definition) is 3. The van der Waals surface area contributed by atoms with E-state index in [1.807, 2.05) is 13.8 Å². The summed E-state index contributed by atoms with van der Waals surface area (Å²) in [5.74, 6) is -0.316. The van der Waals surface area contributed by atoms with Crippen LogP contribution >= 0.6 is 0 Å². The summed E-state index contributed by atoms with van der Waals surface area (Å²) in [7, 11) is 0. The van der Waals surface area contributed by atoms with Crippen LogP contribution in [0.3, 0.4) is 0 Å². The van der Waals surface area contributed by atoms with Crippen molar-refractivity contribution < 1.29 is 24.9 Å². The highest BCUT2D eigenvalue weighted by Gasteiger charge is 2.34. The number of phenols is 3. The van der Waals surface area contributed by atoms with E-state index in [1.54, 1.807) is 24.3 Å². The second-order valence-electron chi connectivity index (χ2n) is 6.56. The van der Waals surface area contributed by atoms with Crippen molar-refractivity contribution in [1.29, 1.82) is 0 Å². The normalized spacial score (nSPS) is 16.8. The standard InChI is InChI=1S/C19H20O5/c1-10(2)7-14-15(21)9-16(22)18-13(8-17(23)24-19(14)18)11-3-5-12(20)6-4-11/h3-6,9-10,13,20-22H,7-8H2,1-2H3. The maximum Gasteiger partial charge on any atom is 0.312 e. The van der Waals surface area contributed by atoms with Gasteiger partial charge in [0.15, 0.2) is 0 Å². The summed E-state index contributed by atoms with van der Waals surface area (Å²) >= 11 is 0. The zero-order chi connectivity index (χ0) is 17.4. The van der Waals surface area contributed by atoms with Gasteiger partial charge in [-0.25, -0.2) is 0 Å². The average Bonchev–Trinajstić information content (AvgIpc) is 2.51. The van der Waals surface area contributed by atoms with Gasteiger partial charge in [0.2, 0.25) is 0 Å². The van der Waals surface area contributed by atoms with Crippen LogP contribution in [-0.2, 0) is 11.2 Å². The zero-order valence-corrected chi connectivity index (χ0v) is 13.6. The highest BCUT2D eigenvalue weighted by molar-refractivity contribution is 5.80. The van der Waals surface area contributed by atoms with Crippen molar-refractivity contribution in [3.05, 3.63) is 47.0 Å². The monoisotopic (exact) mass is 328 g/mol. The van der Waals surface area contributed by atoms with Crippen LogP contribution in [0.4, 0.5) is 0 Å². The summed E-state index contributed by atoms with van der Waals surface area (Å²) in [6.45, 7) is 4.00. The third-order valence-electron chi connectivity index (χ3n) is 4.22. The van der Waals surface area contributed by atoms with E-state index in [2.05, 4.69) is 0 Å². The van der Waals surface area contributed by atoms with Crippen molar-refractivity contribution in [3.63, 3.8) is 0 Å². The first-order chi connectivity index (χ1) is 11.4. The van der Waals surface area contributed by atoms with Gasteiger partial charge in [0.25, 0.3) is 0 Å². The molecule has 2 aromatic carbocycles. The molecule has 5 heteroatoms. The summed E-state index contributed by atoms with van der Waals surface area (Å²) < 4.78 is 5.39. The molecule has 3 rings (SSSR count). The Hall–Kier alpha value is -2.69. The molecule has 5 nitrogen and oxygen atoms in total. The van der Waals surface area contributed by atoms with Gasteiger partial charge >= 0.3 is 5.97 Å². The number of ether oxygens (including phenoxy) is 1. The third kappa shape index (κ3) is 2.89. The maximum atomic E-state index is 12.1. The lowest BCUT2D eigenvalue weighted by Gasteiger charge is -2.28. The molecule has 0 aromatic heterocycles. The van der Waals surface area contributed by atoms with E-state index in [1.165, 1.54) is 6.07 Å². The highest BCUT2D eigenvalue weighted by Crippen LogP contribution is 2.49. The van der Waals surface area contributed by atoms with E-state index in [4.69, 9.17) is 4.74 Å². The molecule has 0 bridgehead atoms. The minimum Gasteiger partial charge on any atom is -0.508 e. The van der Waals surface area contributed by atoms with Crippen LogP contribution in [0, 0.1) is 5.92 Å². The highest BCUT2D eigenvalue weighted by atomic mass is 16.5. The van der Waals surface area contributed by atoms with E-state index in [0.717, 1.165) is 5.56 Å². The minimum atomic E-state index is -0.407. The number of carbonyl (C=O) groups is 1. The zero-order valence-electron chi connectivity index (χ0n) is 13.6. The Bertz CT molecular complexity index is 777. The Kier molecular flexibility index (Phi) is 4.09. The minimum absolute atomic E-state index is 0.0703. The Morgan fingerprint density at radius 3 is 2.42 bits per heavy atom. The van der Waals surface area contributed by atoms with E-state index >= 15 is 0 Å². The first-order valence-electron chi connectivity index (χ1n) is 7.94. The predicted molar refractivity (Wildman–Crippen MR) is 88.5 cm³/mol. The molecule has 1 aliphatic heterocycles. The van der Waals surface area contributed by atoms with Crippen LogP contribution in [0.15, 0.2) is 30.3 Å². The fourth-order valence-corrected chi connectivity index (χ4v) is 3.16. The quantitative estimate of drug-likeness (QED) is 0.593. The second kappa shape index (κ2) is 6.07. The number of hydrogen-bond acceptors (Lipinski definition) is 5. The maximum absolute atomic E-state index is 12.1. The number of rotatable bonds is 3. The van der Waals surface area contributed by atoms with Crippen molar-refractivity contribution in [2.45, 2.75) is 32.6 Å². The second-order valence-corrected chi connectivity index (χ2v) is 6.56. The summed E-state index contributed by atoms with van der Waals surface area (Å²) in [4.78, 5) is 12.1. The van der Waals surface area contributed by atoms with Gasteiger partial charge in [0, 0.05) is 23.1 Å². The molecule has 126 valence electrons. The van der Waals surface area contributed by atoms with Crippen molar-refractivity contribution in [3.8, 4) is 23.0 Å². The van der Waals surface area contributed by atoms with Crippen LogP contribution in [-0.4, -0.2) is 21.3 Å². The van der Waals surface area contributed by atoms with Crippen LogP contribution < -0.4 is 4.74 Å². The molecule has 3 N–H and O–H groups in total. The molecule has 2 aromatic rings. The van der Waals surface area contributed by atoms with Crippen LogP contribution in [0.5, 0.6) is 23.0 Å². The SMILES string of the molecule is CC(C)Cc1c(O)cc(O)c2c1OC(=O)CC2c1ccc(O)cc1. The molecule has 1 unspecified atom stereocenters. The molecule has 0 saturated heterocycles. The molecule has 0 radical (unpaired) electrons. The summed E-state index contributed by atoms with van der Waals surface area (Å²) in [6, 6.07) is 7.83. The van der Waals surface area contributed by atoms with Crippen LogP contribution in [0.2, 0.25) is 0 Å². The topological polar surface area (TPSA) is 87.0 Å². The van der Waals surface area contributed by atoms with Gasteiger partial charge in [0.05, 0.1) is 6.42 Å². The molecule has 1 atom stereocenters. The van der Waals surface area contributed by atoms with Gasteiger partial charge in [-0.15, -0.1) is 0 Å². The fourth-order valence-electron chi connectivity index (χ4n) is 3.16. The molecule has 0 spiro atoms. The predicted octanol–water partition coefficient (Wildman–Crippen LogP) is 3.44. The molecule has 0 saturated carbocycles. The molecule has 0 amide bonds. The molecular formula is C19H20O5. The van der Waals surface area contributed by atoms with E-state index in [-0.39, 0.29) is 41.3 Å². The van der Waals surface area contributed by atoms with Gasteiger partial charge in [-0.2, -0.15) is 0 Å². The van der Waals surface area contributed by atoms with Crippen molar-refractivity contribution in [1.82, 2.24) is 0 Å². The number of phenolic OH excluding ortho intramolecular Hbond substituents is 3. The van der Waals surface area contributed by atoms with Gasteiger partial charge in [-0.1, -0.05) is 26.0 Å². The largest absolute Gasteiger partial charge is 0.508 e. The fraction of sp³-hybridized carbons (Fsp3) is 0.316. The first kappa shape index (κ1) is 16.2. The summed E-state index contributed by atoms with van der Waals surface area (Å²) in [6.07, 6.45) is 0.626. The number of fused-ring (bicyclic) bond motifs is 1. The van der Waals surface area contributed by atoms with E-state index in [9.17, 15) is 20.1 Å². The first-order valence-corrected chi connectivity index (χ1v) is 7.94. The van der Waals surface area contributed by atoms with Gasteiger partial charge in [0.1, 0.15) is 23.0 Å². The molecule has 1 heterocycles. The summed E-state index contributed by atoms with van der Waals surface area (Å²) in [5.41, 5.74) is 1.84. The average molecular weight is 328 g/mol. The van der Waals surface area contributed by atoms with Crippen LogP contribution in [0.1, 0.15) is 42.9 Å². The van der Waals surface area contributed by atoms with Gasteiger partial charge in [-0.3, -0.25) is 4.79 Å². The molecular weight excluding hydrogens is 308 g/mol. The van der Waals surface area contributed by atoms with E-state index < -0.39 is 5.97 Å². The summed E-state index contributed by atoms with van der Waals surface area (Å²) in [5, 5.41) is 30.0.